The van der Waals surface area contributed by atoms with Crippen molar-refractivity contribution in [2.45, 2.75) is 56.7 Å². The Labute approximate surface area is 89.3 Å². The summed E-state index contributed by atoms with van der Waals surface area (Å²) in [5, 5.41) is 39.7. The van der Waals surface area contributed by atoms with Gasteiger partial charge in [0.05, 0.1) is 12.7 Å². The van der Waals surface area contributed by atoms with Crippen molar-refractivity contribution in [1.82, 2.24) is 0 Å². The van der Waals surface area contributed by atoms with Crippen LogP contribution in [0.2, 0.25) is 0 Å². The molecule has 0 aromatic carbocycles. The first-order valence-corrected chi connectivity index (χ1v) is 5.01. The zero-order valence-electron chi connectivity index (χ0n) is 9.56. The molecule has 90 valence electrons. The minimum absolute atomic E-state index is 0.133. The van der Waals surface area contributed by atoms with Gasteiger partial charge in [0.1, 0.15) is 22.9 Å². The summed E-state index contributed by atoms with van der Waals surface area (Å²) in [6.45, 7) is 5.41. The van der Waals surface area contributed by atoms with Gasteiger partial charge in [0.2, 0.25) is 0 Å². The van der Waals surface area contributed by atoms with E-state index in [-0.39, 0.29) is 6.61 Å². The molecule has 0 bridgehead atoms. The van der Waals surface area contributed by atoms with E-state index in [9.17, 15) is 20.4 Å². The summed E-state index contributed by atoms with van der Waals surface area (Å²) in [6, 6.07) is 0. The molecule has 0 spiro atoms. The van der Waals surface area contributed by atoms with Crippen molar-refractivity contribution in [2.24, 2.45) is 0 Å². The average Bonchev–Trinajstić information content (AvgIpc) is 2.00. The molecule has 5 atom stereocenters. The quantitative estimate of drug-likeness (QED) is 0.456. The first-order chi connectivity index (χ1) is 6.54. The molecule has 1 aliphatic rings. The maximum Gasteiger partial charge on any atom is 0.123 e. The second-order valence-corrected chi connectivity index (χ2v) is 4.97. The number of hydrogen-bond acceptors (Lipinski definition) is 5. The van der Waals surface area contributed by atoms with E-state index in [1.807, 2.05) is 0 Å². The zero-order valence-corrected chi connectivity index (χ0v) is 9.56. The molecule has 0 aromatic rings. The third-order valence-corrected chi connectivity index (χ3v) is 3.57. The van der Waals surface area contributed by atoms with Gasteiger partial charge in [-0.05, 0) is 27.7 Å². The first kappa shape index (κ1) is 12.9. The van der Waals surface area contributed by atoms with E-state index < -0.39 is 29.0 Å². The van der Waals surface area contributed by atoms with Crippen LogP contribution in [0.1, 0.15) is 27.7 Å². The van der Waals surface area contributed by atoms with Gasteiger partial charge in [-0.25, -0.2) is 0 Å². The highest BCUT2D eigenvalue weighted by atomic mass is 16.5. The fourth-order valence-corrected chi connectivity index (χ4v) is 1.99. The highest BCUT2D eigenvalue weighted by Crippen LogP contribution is 2.41. The van der Waals surface area contributed by atoms with E-state index in [0.717, 1.165) is 0 Å². The van der Waals surface area contributed by atoms with Crippen LogP contribution in [-0.2, 0) is 4.74 Å². The molecule has 1 aliphatic heterocycles. The van der Waals surface area contributed by atoms with Gasteiger partial charge >= 0.3 is 0 Å². The van der Waals surface area contributed by atoms with Gasteiger partial charge in [0.15, 0.2) is 0 Å². The standard InChI is InChI=1S/C10H20O5/c1-6(11)7-9(3,13)10(4,14)8(2,12)5-15-7/h6-7,11-14H,5H2,1-4H3/t6?,7-,8+,9-,10-/m1/s1. The second kappa shape index (κ2) is 3.40. The molecule has 0 radical (unpaired) electrons. The number of ether oxygens (including phenoxy) is 1. The lowest BCUT2D eigenvalue weighted by atomic mass is 9.68. The third kappa shape index (κ3) is 1.68. The average molecular weight is 220 g/mol. The fraction of sp³-hybridized carbons (Fsp3) is 1.00. The van der Waals surface area contributed by atoms with Crippen LogP contribution < -0.4 is 0 Å². The van der Waals surface area contributed by atoms with Crippen molar-refractivity contribution in [3.63, 3.8) is 0 Å². The molecule has 0 aliphatic carbocycles. The maximum absolute atomic E-state index is 10.2. The van der Waals surface area contributed by atoms with Crippen molar-refractivity contribution < 1.29 is 25.2 Å². The SMILES string of the molecule is CC(O)[C@H]1OC[C@](C)(O)[C@@](C)(O)[C@]1(C)O. The summed E-state index contributed by atoms with van der Waals surface area (Å²) in [7, 11) is 0. The van der Waals surface area contributed by atoms with Crippen LogP contribution in [0.3, 0.4) is 0 Å². The minimum Gasteiger partial charge on any atom is -0.391 e. The lowest BCUT2D eigenvalue weighted by molar-refractivity contribution is -0.325. The lowest BCUT2D eigenvalue weighted by Gasteiger charge is -2.55. The lowest BCUT2D eigenvalue weighted by Crippen LogP contribution is -2.75. The third-order valence-electron chi connectivity index (χ3n) is 3.57. The molecule has 4 N–H and O–H groups in total. The number of aliphatic hydroxyl groups is 4. The summed E-state index contributed by atoms with van der Waals surface area (Å²) < 4.78 is 5.20. The second-order valence-electron chi connectivity index (χ2n) is 4.97. The molecule has 1 heterocycles. The van der Waals surface area contributed by atoms with Crippen molar-refractivity contribution in [2.75, 3.05) is 6.61 Å². The van der Waals surface area contributed by atoms with Crippen LogP contribution in [-0.4, -0.2) is 56.0 Å². The molecular weight excluding hydrogens is 200 g/mol. The first-order valence-electron chi connectivity index (χ1n) is 5.01. The van der Waals surface area contributed by atoms with Crippen LogP contribution in [0.5, 0.6) is 0 Å². The van der Waals surface area contributed by atoms with Crippen molar-refractivity contribution in [3.8, 4) is 0 Å². The molecule has 0 aromatic heterocycles. The number of hydrogen-bond donors (Lipinski definition) is 4. The summed E-state index contributed by atoms with van der Waals surface area (Å²) in [5.41, 5.74) is -5.02. The van der Waals surface area contributed by atoms with Crippen LogP contribution >= 0.6 is 0 Å². The van der Waals surface area contributed by atoms with Crippen molar-refractivity contribution in [1.29, 1.82) is 0 Å². The Morgan fingerprint density at radius 1 is 1.20 bits per heavy atom. The largest absolute Gasteiger partial charge is 0.391 e. The van der Waals surface area contributed by atoms with Crippen LogP contribution in [0, 0.1) is 0 Å². The molecular formula is C10H20O5. The van der Waals surface area contributed by atoms with Crippen molar-refractivity contribution in [3.05, 3.63) is 0 Å². The van der Waals surface area contributed by atoms with E-state index in [4.69, 9.17) is 4.74 Å². The zero-order chi connectivity index (χ0) is 12.1. The van der Waals surface area contributed by atoms with E-state index in [1.54, 1.807) is 0 Å². The normalized spacial score (nSPS) is 54.0. The van der Waals surface area contributed by atoms with Gasteiger partial charge in [-0.2, -0.15) is 0 Å². The molecule has 0 amide bonds. The Bertz CT molecular complexity index is 244. The number of rotatable bonds is 1. The molecule has 5 heteroatoms. The number of aliphatic hydroxyl groups excluding tert-OH is 1. The Balaban J connectivity index is 3.09. The van der Waals surface area contributed by atoms with Gasteiger partial charge in [0.25, 0.3) is 0 Å². The molecule has 5 nitrogen and oxygen atoms in total. The van der Waals surface area contributed by atoms with E-state index in [2.05, 4.69) is 0 Å². The predicted octanol–water partition coefficient (Wildman–Crippen LogP) is -0.981. The molecule has 15 heavy (non-hydrogen) atoms. The van der Waals surface area contributed by atoms with Crippen LogP contribution in [0.25, 0.3) is 0 Å². The summed E-state index contributed by atoms with van der Waals surface area (Å²) >= 11 is 0. The maximum atomic E-state index is 10.2. The van der Waals surface area contributed by atoms with E-state index >= 15 is 0 Å². The Kier molecular flexibility index (Phi) is 2.91. The van der Waals surface area contributed by atoms with Crippen LogP contribution in [0.4, 0.5) is 0 Å². The monoisotopic (exact) mass is 220 g/mol. The predicted molar refractivity (Wildman–Crippen MR) is 53.3 cm³/mol. The van der Waals surface area contributed by atoms with Gasteiger partial charge in [-0.3, -0.25) is 0 Å². The molecule has 1 saturated heterocycles. The fourth-order valence-electron chi connectivity index (χ4n) is 1.99. The molecule has 1 fully saturated rings. The molecule has 1 rings (SSSR count). The molecule has 0 saturated carbocycles. The summed E-state index contributed by atoms with van der Waals surface area (Å²) in [6.07, 6.45) is -1.85. The highest BCUT2D eigenvalue weighted by molar-refractivity contribution is 5.13. The van der Waals surface area contributed by atoms with Gasteiger partial charge in [0, 0.05) is 0 Å². The van der Waals surface area contributed by atoms with Gasteiger partial charge in [-0.15, -0.1) is 0 Å². The van der Waals surface area contributed by atoms with E-state index in [0.29, 0.717) is 0 Å². The Morgan fingerprint density at radius 3 is 2.07 bits per heavy atom. The Hall–Kier alpha value is -0.200. The highest BCUT2D eigenvalue weighted by Gasteiger charge is 2.62. The summed E-state index contributed by atoms with van der Waals surface area (Å²) in [5.74, 6) is 0. The molecule has 1 unspecified atom stereocenters. The smallest absolute Gasteiger partial charge is 0.123 e. The minimum atomic E-state index is -1.75. The topological polar surface area (TPSA) is 90.2 Å². The Morgan fingerprint density at radius 2 is 1.67 bits per heavy atom. The van der Waals surface area contributed by atoms with E-state index in [1.165, 1.54) is 27.7 Å². The van der Waals surface area contributed by atoms with Gasteiger partial charge in [-0.1, -0.05) is 0 Å². The van der Waals surface area contributed by atoms with Crippen LogP contribution in [0.15, 0.2) is 0 Å². The van der Waals surface area contributed by atoms with Crippen molar-refractivity contribution >= 4 is 0 Å². The summed E-state index contributed by atoms with van der Waals surface area (Å²) in [4.78, 5) is 0. The van der Waals surface area contributed by atoms with Gasteiger partial charge < -0.3 is 25.2 Å².